The molecule has 5 aromatic carbocycles. The van der Waals surface area contributed by atoms with Crippen LogP contribution in [0.3, 0.4) is 0 Å². The van der Waals surface area contributed by atoms with E-state index in [2.05, 4.69) is 111 Å². The van der Waals surface area contributed by atoms with Crippen LogP contribution in [0.1, 0.15) is 11.1 Å². The first-order valence-corrected chi connectivity index (χ1v) is 9.79. The summed E-state index contributed by atoms with van der Waals surface area (Å²) in [6.07, 6.45) is 0. The minimum absolute atomic E-state index is 1.26. The molecule has 5 rings (SSSR count). The third-order valence-corrected chi connectivity index (χ3v) is 5.51. The van der Waals surface area contributed by atoms with Crippen LogP contribution < -0.4 is 0 Å². The van der Waals surface area contributed by atoms with Crippen molar-refractivity contribution in [2.45, 2.75) is 13.8 Å². The van der Waals surface area contributed by atoms with Crippen LogP contribution in [0.15, 0.2) is 97.1 Å². The van der Waals surface area contributed by atoms with Gasteiger partial charge in [0.2, 0.25) is 0 Å². The molecule has 0 N–H and O–H groups in total. The average molecular weight is 358 g/mol. The third-order valence-electron chi connectivity index (χ3n) is 5.51. The Balaban J connectivity index is 1.99. The van der Waals surface area contributed by atoms with Gasteiger partial charge in [0.05, 0.1) is 0 Å². The highest BCUT2D eigenvalue weighted by molar-refractivity contribution is 6.17. The van der Waals surface area contributed by atoms with E-state index < -0.39 is 0 Å². The Morgan fingerprint density at radius 3 is 1.93 bits per heavy atom. The minimum atomic E-state index is 1.26. The number of hydrogen-bond donors (Lipinski definition) is 0. The fourth-order valence-electron chi connectivity index (χ4n) is 4.37. The number of hydrogen-bond acceptors (Lipinski definition) is 0. The summed E-state index contributed by atoms with van der Waals surface area (Å²) in [5.74, 6) is 0. The van der Waals surface area contributed by atoms with E-state index in [0.717, 1.165) is 0 Å². The van der Waals surface area contributed by atoms with Gasteiger partial charge >= 0.3 is 0 Å². The molecule has 0 bridgehead atoms. The van der Waals surface area contributed by atoms with Gasteiger partial charge in [0.1, 0.15) is 0 Å². The molecule has 5 aromatic rings. The molecule has 0 saturated heterocycles. The first kappa shape index (κ1) is 16.8. The fraction of sp³-hybridized carbons (Fsp3) is 0.0714. The summed E-state index contributed by atoms with van der Waals surface area (Å²) in [5.41, 5.74) is 7.75. The van der Waals surface area contributed by atoms with Gasteiger partial charge in [-0.25, -0.2) is 0 Å². The molecule has 0 nitrogen and oxygen atoms in total. The molecule has 0 heteroatoms. The predicted octanol–water partition coefficient (Wildman–Crippen LogP) is 7.94. The Morgan fingerprint density at radius 1 is 0.500 bits per heavy atom. The van der Waals surface area contributed by atoms with Crippen molar-refractivity contribution in [1.82, 2.24) is 0 Å². The molecule has 134 valence electrons. The van der Waals surface area contributed by atoms with E-state index in [1.807, 2.05) is 0 Å². The monoisotopic (exact) mass is 358 g/mol. The zero-order valence-corrected chi connectivity index (χ0v) is 16.2. The van der Waals surface area contributed by atoms with Gasteiger partial charge in [-0.2, -0.15) is 0 Å². The Hall–Kier alpha value is -3.38. The van der Waals surface area contributed by atoms with Crippen molar-refractivity contribution < 1.29 is 0 Å². The molecule has 0 aliphatic rings. The summed E-state index contributed by atoms with van der Waals surface area (Å²) in [6, 6.07) is 35.3. The summed E-state index contributed by atoms with van der Waals surface area (Å²) in [7, 11) is 0. The fourth-order valence-corrected chi connectivity index (χ4v) is 4.37. The molecule has 0 unspecified atom stereocenters. The topological polar surface area (TPSA) is 0 Å². The van der Waals surface area contributed by atoms with E-state index in [0.29, 0.717) is 0 Å². The summed E-state index contributed by atoms with van der Waals surface area (Å²) in [6.45, 7) is 4.36. The quantitative estimate of drug-likeness (QED) is 0.281. The van der Waals surface area contributed by atoms with Gasteiger partial charge in [-0.05, 0) is 57.6 Å². The van der Waals surface area contributed by atoms with Crippen molar-refractivity contribution in [3.8, 4) is 22.3 Å². The summed E-state index contributed by atoms with van der Waals surface area (Å²) >= 11 is 0. The smallest absolute Gasteiger partial charge is 0.00204 e. The lowest BCUT2D eigenvalue weighted by atomic mass is 9.86. The Bertz CT molecular complexity index is 1290. The molecule has 0 aromatic heterocycles. The molecule has 0 amide bonds. The van der Waals surface area contributed by atoms with Crippen LogP contribution in [0.25, 0.3) is 43.8 Å². The molecular formula is C28H22. The zero-order valence-electron chi connectivity index (χ0n) is 16.2. The van der Waals surface area contributed by atoms with Gasteiger partial charge < -0.3 is 0 Å². The van der Waals surface area contributed by atoms with E-state index in [4.69, 9.17) is 0 Å². The van der Waals surface area contributed by atoms with Gasteiger partial charge in [-0.15, -0.1) is 0 Å². The number of rotatable bonds is 2. The second-order valence-corrected chi connectivity index (χ2v) is 7.62. The second kappa shape index (κ2) is 6.65. The Kier molecular flexibility index (Phi) is 3.98. The highest BCUT2D eigenvalue weighted by atomic mass is 14.2. The molecule has 0 radical (unpaired) electrons. The van der Waals surface area contributed by atoms with Crippen LogP contribution in [-0.2, 0) is 0 Å². The van der Waals surface area contributed by atoms with Crippen molar-refractivity contribution >= 4 is 21.5 Å². The molecular weight excluding hydrogens is 336 g/mol. The number of benzene rings is 5. The normalized spacial score (nSPS) is 11.2. The maximum Gasteiger partial charge on any atom is -0.00204 e. The van der Waals surface area contributed by atoms with Crippen LogP contribution >= 0.6 is 0 Å². The number of fused-ring (bicyclic) bond motifs is 3. The SMILES string of the molecule is Cc1cc(C)cc(-c2c(-c3ccccc3)ccc3ccc4ccccc4c23)c1. The molecule has 0 spiro atoms. The van der Waals surface area contributed by atoms with Crippen LogP contribution in [0.4, 0.5) is 0 Å². The summed E-state index contributed by atoms with van der Waals surface area (Å²) in [5, 5.41) is 5.22. The minimum Gasteiger partial charge on any atom is -0.0622 e. The molecule has 0 saturated carbocycles. The van der Waals surface area contributed by atoms with Crippen LogP contribution in [0.2, 0.25) is 0 Å². The van der Waals surface area contributed by atoms with Gasteiger partial charge in [0.15, 0.2) is 0 Å². The van der Waals surface area contributed by atoms with E-state index in [1.165, 1.54) is 54.9 Å². The van der Waals surface area contributed by atoms with Crippen molar-refractivity contribution in [1.29, 1.82) is 0 Å². The highest BCUT2D eigenvalue weighted by Crippen LogP contribution is 2.41. The Labute approximate surface area is 166 Å². The van der Waals surface area contributed by atoms with Crippen molar-refractivity contribution in [3.63, 3.8) is 0 Å². The van der Waals surface area contributed by atoms with Crippen molar-refractivity contribution in [3.05, 3.63) is 108 Å². The molecule has 0 aliphatic carbocycles. The maximum absolute atomic E-state index is 2.32. The molecule has 0 atom stereocenters. The molecule has 28 heavy (non-hydrogen) atoms. The van der Waals surface area contributed by atoms with E-state index in [1.54, 1.807) is 0 Å². The number of aryl methyl sites for hydroxylation is 2. The van der Waals surface area contributed by atoms with E-state index in [9.17, 15) is 0 Å². The first-order chi connectivity index (χ1) is 13.7. The van der Waals surface area contributed by atoms with Gasteiger partial charge in [-0.1, -0.05) is 108 Å². The van der Waals surface area contributed by atoms with E-state index >= 15 is 0 Å². The van der Waals surface area contributed by atoms with E-state index in [-0.39, 0.29) is 0 Å². The highest BCUT2D eigenvalue weighted by Gasteiger charge is 2.14. The summed E-state index contributed by atoms with van der Waals surface area (Å²) in [4.78, 5) is 0. The second-order valence-electron chi connectivity index (χ2n) is 7.62. The summed E-state index contributed by atoms with van der Waals surface area (Å²) < 4.78 is 0. The lowest BCUT2D eigenvalue weighted by Gasteiger charge is -2.17. The first-order valence-electron chi connectivity index (χ1n) is 9.79. The lowest BCUT2D eigenvalue weighted by Crippen LogP contribution is -1.91. The van der Waals surface area contributed by atoms with Crippen LogP contribution in [0, 0.1) is 13.8 Å². The predicted molar refractivity (Wildman–Crippen MR) is 122 cm³/mol. The molecule has 0 aliphatic heterocycles. The third kappa shape index (κ3) is 2.78. The van der Waals surface area contributed by atoms with Crippen molar-refractivity contribution in [2.24, 2.45) is 0 Å². The maximum atomic E-state index is 2.32. The Morgan fingerprint density at radius 2 is 1.14 bits per heavy atom. The molecule has 0 heterocycles. The average Bonchev–Trinajstić information content (AvgIpc) is 2.72. The molecule has 0 fully saturated rings. The van der Waals surface area contributed by atoms with Crippen LogP contribution in [0.5, 0.6) is 0 Å². The van der Waals surface area contributed by atoms with Gasteiger partial charge in [-0.3, -0.25) is 0 Å². The standard InChI is InChI=1S/C28H22/c1-19-16-20(2)18-24(17-19)28-26(21-8-4-3-5-9-21)15-14-23-13-12-22-10-6-7-11-25(22)27(23)28/h3-18H,1-2H3. The largest absolute Gasteiger partial charge is 0.0622 e. The van der Waals surface area contributed by atoms with Crippen molar-refractivity contribution in [2.75, 3.05) is 0 Å². The van der Waals surface area contributed by atoms with Gasteiger partial charge in [0, 0.05) is 0 Å². The lowest BCUT2D eigenvalue weighted by molar-refractivity contribution is 1.39. The van der Waals surface area contributed by atoms with Crippen LogP contribution in [-0.4, -0.2) is 0 Å². The zero-order chi connectivity index (χ0) is 19.1. The van der Waals surface area contributed by atoms with Gasteiger partial charge in [0.25, 0.3) is 0 Å².